The summed E-state index contributed by atoms with van der Waals surface area (Å²) in [4.78, 5) is 0. The van der Waals surface area contributed by atoms with Crippen molar-refractivity contribution in [1.82, 2.24) is 0 Å². The van der Waals surface area contributed by atoms with Gasteiger partial charge in [-0.15, -0.1) is 0 Å². The largest absolute Gasteiger partial charge is 0.495 e. The zero-order valence-electron chi connectivity index (χ0n) is 11.9. The minimum atomic E-state index is -0.269. The van der Waals surface area contributed by atoms with Gasteiger partial charge in [0.05, 0.1) is 18.0 Å². The molecule has 0 radical (unpaired) electrons. The van der Waals surface area contributed by atoms with E-state index in [-0.39, 0.29) is 12.2 Å². The summed E-state index contributed by atoms with van der Waals surface area (Å²) in [7, 11) is 0. The van der Waals surface area contributed by atoms with Crippen molar-refractivity contribution in [3.05, 3.63) is 11.8 Å². The molecular weight excluding hydrogens is 224 g/mol. The van der Waals surface area contributed by atoms with Crippen LogP contribution in [-0.2, 0) is 4.74 Å². The van der Waals surface area contributed by atoms with E-state index in [0.29, 0.717) is 0 Å². The lowest BCUT2D eigenvalue weighted by molar-refractivity contribution is 0.0582. The molecule has 1 fully saturated rings. The van der Waals surface area contributed by atoms with E-state index in [1.807, 2.05) is 6.92 Å². The maximum absolute atomic E-state index is 9.40. The average Bonchev–Trinajstić information content (AvgIpc) is 2.24. The first-order chi connectivity index (χ1) is 8.63. The lowest BCUT2D eigenvalue weighted by Crippen LogP contribution is -2.21. The number of aliphatic hydroxyl groups excluding tert-OH is 1. The molecule has 0 heterocycles. The fraction of sp³-hybridized carbons (Fsp3) is 0.875. The van der Waals surface area contributed by atoms with Crippen molar-refractivity contribution in [1.29, 1.82) is 0 Å². The normalized spacial score (nSPS) is 31.8. The van der Waals surface area contributed by atoms with Crippen molar-refractivity contribution in [3.8, 4) is 0 Å². The Labute approximate surface area is 111 Å². The second kappa shape index (κ2) is 6.60. The van der Waals surface area contributed by atoms with Crippen molar-refractivity contribution in [3.63, 3.8) is 0 Å². The van der Waals surface area contributed by atoms with Crippen LogP contribution in [0.1, 0.15) is 65.2 Å². The maximum Gasteiger partial charge on any atom is 0.0978 e. The first-order valence-corrected chi connectivity index (χ1v) is 7.69. The third-order valence-corrected chi connectivity index (χ3v) is 4.26. The van der Waals surface area contributed by atoms with Crippen LogP contribution in [0.5, 0.6) is 0 Å². The smallest absolute Gasteiger partial charge is 0.0978 e. The van der Waals surface area contributed by atoms with Crippen LogP contribution in [0.4, 0.5) is 0 Å². The van der Waals surface area contributed by atoms with E-state index in [1.165, 1.54) is 44.3 Å². The number of hydrogen-bond donors (Lipinski definition) is 1. The standard InChI is InChI=1S/C16H28O2/c1-12(17)8-13(2)18-16-10-14-6-4-3-5-7-15(9-14)11-16/h10,12-15,17H,3-9,11H2,1-2H3/t12-,13-,14+,15-/m1/s1. The fourth-order valence-corrected chi connectivity index (χ4v) is 3.51. The molecule has 104 valence electrons. The third-order valence-electron chi connectivity index (χ3n) is 4.26. The Morgan fingerprint density at radius 1 is 1.28 bits per heavy atom. The number of allylic oxidation sites excluding steroid dienone is 2. The van der Waals surface area contributed by atoms with Crippen LogP contribution in [0.15, 0.2) is 11.8 Å². The van der Waals surface area contributed by atoms with Crippen LogP contribution in [0, 0.1) is 11.8 Å². The lowest BCUT2D eigenvalue weighted by atomic mass is 9.78. The highest BCUT2D eigenvalue weighted by Crippen LogP contribution is 2.37. The summed E-state index contributed by atoms with van der Waals surface area (Å²) in [5.41, 5.74) is 0. The molecule has 2 rings (SSSR count). The highest BCUT2D eigenvalue weighted by molar-refractivity contribution is 5.04. The molecule has 18 heavy (non-hydrogen) atoms. The predicted octanol–water partition coefficient (Wildman–Crippen LogP) is 4.04. The van der Waals surface area contributed by atoms with Crippen LogP contribution in [0.3, 0.4) is 0 Å². The number of rotatable bonds is 4. The molecule has 0 aliphatic heterocycles. The van der Waals surface area contributed by atoms with Gasteiger partial charge in [-0.2, -0.15) is 0 Å². The molecule has 0 saturated heterocycles. The minimum absolute atomic E-state index is 0.138. The molecule has 2 nitrogen and oxygen atoms in total. The molecule has 0 aromatic rings. The first kappa shape index (κ1) is 13.9. The van der Waals surface area contributed by atoms with Gasteiger partial charge in [0.15, 0.2) is 0 Å². The third kappa shape index (κ3) is 4.31. The average molecular weight is 252 g/mol. The summed E-state index contributed by atoms with van der Waals surface area (Å²) in [6.07, 6.45) is 12.4. The molecule has 2 bridgehead atoms. The van der Waals surface area contributed by atoms with Crippen molar-refractivity contribution in [2.75, 3.05) is 0 Å². The topological polar surface area (TPSA) is 29.5 Å². The van der Waals surface area contributed by atoms with Crippen molar-refractivity contribution in [2.24, 2.45) is 11.8 Å². The SMILES string of the molecule is C[C@H](C[C@@H](C)O)OC1=C[C@H]2CCCCC[C@@H](C1)C2. The van der Waals surface area contributed by atoms with E-state index < -0.39 is 0 Å². The molecule has 4 atom stereocenters. The van der Waals surface area contributed by atoms with E-state index in [0.717, 1.165) is 24.7 Å². The summed E-state index contributed by atoms with van der Waals surface area (Å²) >= 11 is 0. The second-order valence-corrected chi connectivity index (χ2v) is 6.35. The fourth-order valence-electron chi connectivity index (χ4n) is 3.51. The van der Waals surface area contributed by atoms with Crippen LogP contribution < -0.4 is 0 Å². The van der Waals surface area contributed by atoms with E-state index in [4.69, 9.17) is 4.74 Å². The predicted molar refractivity (Wildman–Crippen MR) is 74.2 cm³/mol. The van der Waals surface area contributed by atoms with Gasteiger partial charge < -0.3 is 9.84 Å². The summed E-state index contributed by atoms with van der Waals surface area (Å²) in [5, 5.41) is 9.40. The zero-order chi connectivity index (χ0) is 13.0. The van der Waals surface area contributed by atoms with Gasteiger partial charge in [0.25, 0.3) is 0 Å². The molecule has 0 aromatic heterocycles. The summed E-state index contributed by atoms with van der Waals surface area (Å²) < 4.78 is 6.04. The minimum Gasteiger partial charge on any atom is -0.495 e. The first-order valence-electron chi connectivity index (χ1n) is 7.69. The number of aliphatic hydroxyl groups is 1. The molecule has 2 heteroatoms. The number of hydrogen-bond acceptors (Lipinski definition) is 2. The lowest BCUT2D eigenvalue weighted by Gasteiger charge is -2.32. The molecule has 2 aliphatic carbocycles. The van der Waals surface area contributed by atoms with Crippen LogP contribution >= 0.6 is 0 Å². The molecular formula is C16H28O2. The summed E-state index contributed by atoms with van der Waals surface area (Å²) in [6.45, 7) is 3.90. The van der Waals surface area contributed by atoms with Crippen LogP contribution in [-0.4, -0.2) is 17.3 Å². The van der Waals surface area contributed by atoms with E-state index >= 15 is 0 Å². The Hall–Kier alpha value is -0.500. The Balaban J connectivity index is 1.91. The highest BCUT2D eigenvalue weighted by Gasteiger charge is 2.25. The summed E-state index contributed by atoms with van der Waals surface area (Å²) in [5.74, 6) is 2.79. The van der Waals surface area contributed by atoms with E-state index in [9.17, 15) is 5.11 Å². The molecule has 1 saturated carbocycles. The molecule has 0 aromatic carbocycles. The van der Waals surface area contributed by atoms with Crippen molar-refractivity contribution >= 4 is 0 Å². The molecule has 0 spiro atoms. The van der Waals surface area contributed by atoms with Crippen LogP contribution in [0.2, 0.25) is 0 Å². The molecule has 2 aliphatic rings. The van der Waals surface area contributed by atoms with Gasteiger partial charge in [-0.25, -0.2) is 0 Å². The maximum atomic E-state index is 9.40. The van der Waals surface area contributed by atoms with Gasteiger partial charge in [0.2, 0.25) is 0 Å². The van der Waals surface area contributed by atoms with Gasteiger partial charge in [-0.1, -0.05) is 19.3 Å². The Morgan fingerprint density at radius 2 is 2.06 bits per heavy atom. The molecule has 0 unspecified atom stereocenters. The van der Waals surface area contributed by atoms with E-state index in [1.54, 1.807) is 0 Å². The molecule has 0 amide bonds. The van der Waals surface area contributed by atoms with Gasteiger partial charge >= 0.3 is 0 Å². The number of fused-ring (bicyclic) bond motifs is 2. The highest BCUT2D eigenvalue weighted by atomic mass is 16.5. The Bertz CT molecular complexity index is 283. The quantitative estimate of drug-likeness (QED) is 0.818. The van der Waals surface area contributed by atoms with Gasteiger partial charge in [0, 0.05) is 12.8 Å². The summed E-state index contributed by atoms with van der Waals surface area (Å²) in [6, 6.07) is 0. The Kier molecular flexibility index (Phi) is 5.11. The van der Waals surface area contributed by atoms with Crippen LogP contribution in [0.25, 0.3) is 0 Å². The van der Waals surface area contributed by atoms with Crippen molar-refractivity contribution < 1.29 is 9.84 Å². The Morgan fingerprint density at radius 3 is 2.83 bits per heavy atom. The van der Waals surface area contributed by atoms with Gasteiger partial charge in [-0.05, 0) is 51.0 Å². The second-order valence-electron chi connectivity index (χ2n) is 6.35. The monoisotopic (exact) mass is 252 g/mol. The van der Waals surface area contributed by atoms with Crippen molar-refractivity contribution in [2.45, 2.75) is 77.4 Å². The number of ether oxygens (including phenoxy) is 1. The van der Waals surface area contributed by atoms with Gasteiger partial charge in [0.1, 0.15) is 0 Å². The molecule has 1 N–H and O–H groups in total. The zero-order valence-corrected chi connectivity index (χ0v) is 11.9. The van der Waals surface area contributed by atoms with E-state index in [2.05, 4.69) is 13.0 Å². The van der Waals surface area contributed by atoms with Gasteiger partial charge in [-0.3, -0.25) is 0 Å².